The fraction of sp³-hybridized carbons (Fsp3) is 0.471. The van der Waals surface area contributed by atoms with Crippen LogP contribution in [0, 0.1) is 11.7 Å². The van der Waals surface area contributed by atoms with Gasteiger partial charge in [0, 0.05) is 24.7 Å². The van der Waals surface area contributed by atoms with Gasteiger partial charge in [-0.1, -0.05) is 38.8 Å². The first-order chi connectivity index (χ1) is 10.0. The maximum absolute atomic E-state index is 14.2. The summed E-state index contributed by atoms with van der Waals surface area (Å²) in [6, 6.07) is 4.77. The monoisotopic (exact) mass is 293 g/mol. The van der Waals surface area contributed by atoms with Gasteiger partial charge >= 0.3 is 5.97 Å². The van der Waals surface area contributed by atoms with Crippen LogP contribution in [0.4, 0.5) is 10.1 Å². The molecular weight excluding hydrogens is 269 g/mol. The fourth-order valence-electron chi connectivity index (χ4n) is 2.40. The lowest BCUT2D eigenvalue weighted by Gasteiger charge is -2.29. The van der Waals surface area contributed by atoms with Gasteiger partial charge in [0.05, 0.1) is 5.69 Å². The molecule has 0 saturated carbocycles. The van der Waals surface area contributed by atoms with E-state index in [1.54, 1.807) is 12.1 Å². The average Bonchev–Trinajstić information content (AvgIpc) is 2.47. The third-order valence-corrected chi connectivity index (χ3v) is 3.75. The standard InChI is InChI=1S/C17H24FNO2/c1-4-13(5-2)12-19(6-3)17-14(10-11-16(20)21)8-7-9-15(17)18/h7-11,13H,4-6,12H2,1-3H3,(H,20,21)/b11-10+. The Hall–Kier alpha value is -1.84. The molecule has 4 heteroatoms. The Morgan fingerprint density at radius 1 is 1.33 bits per heavy atom. The van der Waals surface area contributed by atoms with E-state index in [1.807, 2.05) is 11.8 Å². The Bertz CT molecular complexity index is 496. The summed E-state index contributed by atoms with van der Waals surface area (Å²) >= 11 is 0. The van der Waals surface area contributed by atoms with Gasteiger partial charge in [0.15, 0.2) is 0 Å². The van der Waals surface area contributed by atoms with Crippen molar-refractivity contribution in [2.75, 3.05) is 18.0 Å². The molecular formula is C17H24FNO2. The van der Waals surface area contributed by atoms with Crippen LogP contribution in [-0.4, -0.2) is 24.2 Å². The summed E-state index contributed by atoms with van der Waals surface area (Å²) in [5.74, 6) is -0.843. The predicted octanol–water partition coefficient (Wildman–Crippen LogP) is 4.19. The third-order valence-electron chi connectivity index (χ3n) is 3.75. The van der Waals surface area contributed by atoms with Crippen molar-refractivity contribution < 1.29 is 14.3 Å². The van der Waals surface area contributed by atoms with Crippen LogP contribution < -0.4 is 4.90 Å². The number of aliphatic carboxylic acids is 1. The van der Waals surface area contributed by atoms with Gasteiger partial charge in [0.2, 0.25) is 0 Å². The van der Waals surface area contributed by atoms with E-state index in [2.05, 4.69) is 13.8 Å². The molecule has 1 rings (SSSR count). The molecule has 21 heavy (non-hydrogen) atoms. The summed E-state index contributed by atoms with van der Waals surface area (Å²) < 4.78 is 14.2. The Morgan fingerprint density at radius 3 is 2.52 bits per heavy atom. The van der Waals surface area contributed by atoms with Crippen molar-refractivity contribution >= 4 is 17.7 Å². The van der Waals surface area contributed by atoms with Crippen molar-refractivity contribution in [2.24, 2.45) is 5.92 Å². The smallest absolute Gasteiger partial charge is 0.328 e. The van der Waals surface area contributed by atoms with Gasteiger partial charge < -0.3 is 10.0 Å². The van der Waals surface area contributed by atoms with Crippen molar-refractivity contribution in [2.45, 2.75) is 33.6 Å². The van der Waals surface area contributed by atoms with E-state index in [4.69, 9.17) is 5.11 Å². The quantitative estimate of drug-likeness (QED) is 0.731. The van der Waals surface area contributed by atoms with Gasteiger partial charge in [-0.25, -0.2) is 9.18 Å². The lowest BCUT2D eigenvalue weighted by atomic mass is 10.0. The second kappa shape index (κ2) is 8.45. The van der Waals surface area contributed by atoms with Gasteiger partial charge in [-0.3, -0.25) is 0 Å². The fourth-order valence-corrected chi connectivity index (χ4v) is 2.40. The SMILES string of the molecule is CCC(CC)CN(CC)c1c(F)cccc1/C=C/C(=O)O. The van der Waals surface area contributed by atoms with Crippen molar-refractivity contribution in [1.82, 2.24) is 0 Å². The number of benzene rings is 1. The van der Waals surface area contributed by atoms with E-state index in [9.17, 15) is 9.18 Å². The zero-order valence-electron chi connectivity index (χ0n) is 13.0. The first-order valence-electron chi connectivity index (χ1n) is 7.47. The first-order valence-corrected chi connectivity index (χ1v) is 7.47. The lowest BCUT2D eigenvalue weighted by molar-refractivity contribution is -0.131. The molecule has 0 radical (unpaired) electrons. The van der Waals surface area contributed by atoms with E-state index >= 15 is 0 Å². The number of carboxylic acid groups (broad SMARTS) is 1. The van der Waals surface area contributed by atoms with Crippen LogP contribution in [0.5, 0.6) is 0 Å². The highest BCUT2D eigenvalue weighted by molar-refractivity contribution is 5.87. The molecule has 0 aromatic heterocycles. The van der Waals surface area contributed by atoms with E-state index in [1.165, 1.54) is 12.1 Å². The molecule has 0 aliphatic rings. The summed E-state index contributed by atoms with van der Waals surface area (Å²) in [4.78, 5) is 12.7. The molecule has 1 N–H and O–H groups in total. The Balaban J connectivity index is 3.15. The van der Waals surface area contributed by atoms with E-state index < -0.39 is 5.97 Å². The van der Waals surface area contributed by atoms with E-state index in [0.717, 1.165) is 25.5 Å². The van der Waals surface area contributed by atoms with E-state index in [0.29, 0.717) is 23.7 Å². The maximum atomic E-state index is 14.2. The Morgan fingerprint density at radius 2 is 2.00 bits per heavy atom. The van der Waals surface area contributed by atoms with Crippen molar-refractivity contribution in [3.8, 4) is 0 Å². The number of rotatable bonds is 8. The number of carbonyl (C=O) groups is 1. The largest absolute Gasteiger partial charge is 0.478 e. The van der Waals surface area contributed by atoms with Gasteiger partial charge in [0.1, 0.15) is 5.82 Å². The molecule has 0 atom stereocenters. The number of halogens is 1. The highest BCUT2D eigenvalue weighted by Gasteiger charge is 2.16. The average molecular weight is 293 g/mol. The van der Waals surface area contributed by atoms with Crippen LogP contribution in [0.15, 0.2) is 24.3 Å². The van der Waals surface area contributed by atoms with Gasteiger partial charge in [-0.15, -0.1) is 0 Å². The van der Waals surface area contributed by atoms with Crippen LogP contribution in [0.3, 0.4) is 0 Å². The summed E-state index contributed by atoms with van der Waals surface area (Å²) in [7, 11) is 0. The molecule has 0 fully saturated rings. The molecule has 3 nitrogen and oxygen atoms in total. The van der Waals surface area contributed by atoms with Crippen molar-refractivity contribution in [3.05, 3.63) is 35.7 Å². The molecule has 0 aliphatic carbocycles. The molecule has 0 bridgehead atoms. The molecule has 0 aliphatic heterocycles. The molecule has 1 aromatic rings. The molecule has 0 spiro atoms. The Labute approximate surface area is 126 Å². The summed E-state index contributed by atoms with van der Waals surface area (Å²) in [6.07, 6.45) is 4.59. The third kappa shape index (κ3) is 4.88. The zero-order chi connectivity index (χ0) is 15.8. The molecule has 1 aromatic carbocycles. The minimum atomic E-state index is -1.03. The minimum Gasteiger partial charge on any atom is -0.478 e. The summed E-state index contributed by atoms with van der Waals surface area (Å²) in [6.45, 7) is 7.71. The number of para-hydroxylation sites is 1. The molecule has 0 amide bonds. The maximum Gasteiger partial charge on any atom is 0.328 e. The van der Waals surface area contributed by atoms with Crippen molar-refractivity contribution in [3.63, 3.8) is 0 Å². The van der Waals surface area contributed by atoms with Gasteiger partial charge in [0.25, 0.3) is 0 Å². The lowest BCUT2D eigenvalue weighted by Crippen LogP contribution is -2.30. The normalized spacial score (nSPS) is 11.3. The predicted molar refractivity (Wildman–Crippen MR) is 85.0 cm³/mol. The van der Waals surface area contributed by atoms with E-state index in [-0.39, 0.29) is 5.82 Å². The van der Waals surface area contributed by atoms with Crippen LogP contribution in [0.1, 0.15) is 39.2 Å². The van der Waals surface area contributed by atoms with Crippen LogP contribution in [0.25, 0.3) is 6.08 Å². The molecule has 0 unspecified atom stereocenters. The highest BCUT2D eigenvalue weighted by atomic mass is 19.1. The molecule has 116 valence electrons. The van der Waals surface area contributed by atoms with Crippen molar-refractivity contribution in [1.29, 1.82) is 0 Å². The summed E-state index contributed by atoms with van der Waals surface area (Å²) in [5.41, 5.74) is 1.09. The first kappa shape index (κ1) is 17.2. The number of carboxylic acids is 1. The molecule has 0 heterocycles. The number of hydrogen-bond acceptors (Lipinski definition) is 2. The van der Waals surface area contributed by atoms with Gasteiger partial charge in [-0.2, -0.15) is 0 Å². The Kier molecular flexibility index (Phi) is 6.92. The van der Waals surface area contributed by atoms with Crippen LogP contribution in [0.2, 0.25) is 0 Å². The second-order valence-electron chi connectivity index (χ2n) is 5.07. The molecule has 0 saturated heterocycles. The number of nitrogens with zero attached hydrogens (tertiary/aromatic N) is 1. The zero-order valence-corrected chi connectivity index (χ0v) is 13.0. The van der Waals surface area contributed by atoms with Crippen LogP contribution in [-0.2, 0) is 4.79 Å². The minimum absolute atomic E-state index is 0.310. The highest BCUT2D eigenvalue weighted by Crippen LogP contribution is 2.27. The summed E-state index contributed by atoms with van der Waals surface area (Å²) in [5, 5.41) is 8.76. The topological polar surface area (TPSA) is 40.5 Å². The van der Waals surface area contributed by atoms with Crippen LogP contribution >= 0.6 is 0 Å². The second-order valence-corrected chi connectivity index (χ2v) is 5.07. The van der Waals surface area contributed by atoms with Gasteiger partial charge in [-0.05, 0) is 25.0 Å². The number of anilines is 1. The number of hydrogen-bond donors (Lipinski definition) is 1.